The molecule has 0 aliphatic rings. The van der Waals surface area contributed by atoms with E-state index in [0.29, 0.717) is 5.88 Å². The van der Waals surface area contributed by atoms with Crippen LogP contribution in [0, 0.1) is 6.92 Å². The summed E-state index contributed by atoms with van der Waals surface area (Å²) in [7, 11) is 0. The highest BCUT2D eigenvalue weighted by molar-refractivity contribution is 6.31. The third-order valence-electron chi connectivity index (χ3n) is 2.83. The van der Waals surface area contributed by atoms with Crippen molar-refractivity contribution in [1.29, 1.82) is 0 Å². The van der Waals surface area contributed by atoms with Gasteiger partial charge in [-0.1, -0.05) is 37.1 Å². The second-order valence-corrected chi connectivity index (χ2v) is 5.20. The molecule has 1 aromatic carbocycles. The fraction of sp³-hybridized carbons (Fsp3) is 0.571. The van der Waals surface area contributed by atoms with Gasteiger partial charge >= 0.3 is 0 Å². The molecule has 0 spiro atoms. The van der Waals surface area contributed by atoms with E-state index in [1.54, 1.807) is 0 Å². The lowest BCUT2D eigenvalue weighted by atomic mass is 10.1. The first-order valence-electron chi connectivity index (χ1n) is 6.20. The molecule has 0 aromatic heterocycles. The smallest absolute Gasteiger partial charge is 0.0453 e. The molecule has 0 unspecified atom stereocenters. The number of halogens is 2. The molecule has 17 heavy (non-hydrogen) atoms. The van der Waals surface area contributed by atoms with E-state index in [-0.39, 0.29) is 0 Å². The zero-order chi connectivity index (χ0) is 12.7. The molecule has 0 amide bonds. The standard InChI is InChI=1S/C14H21Cl2N/c1-3-4-8-17(9-7-15)11-13-6-5-12(2)10-14(13)16/h5-6,10H,3-4,7-9,11H2,1-2H3. The number of aryl methyl sites for hydroxylation is 1. The van der Waals surface area contributed by atoms with E-state index >= 15 is 0 Å². The molecule has 0 N–H and O–H groups in total. The molecule has 0 saturated carbocycles. The van der Waals surface area contributed by atoms with Gasteiger partial charge in [0.25, 0.3) is 0 Å². The number of nitrogens with zero attached hydrogens (tertiary/aromatic N) is 1. The maximum Gasteiger partial charge on any atom is 0.0453 e. The number of hydrogen-bond donors (Lipinski definition) is 0. The van der Waals surface area contributed by atoms with Crippen LogP contribution < -0.4 is 0 Å². The first-order valence-corrected chi connectivity index (χ1v) is 7.12. The van der Waals surface area contributed by atoms with Crippen LogP contribution in [0.15, 0.2) is 18.2 Å². The Morgan fingerprint density at radius 2 is 2.00 bits per heavy atom. The van der Waals surface area contributed by atoms with Gasteiger partial charge in [0.1, 0.15) is 0 Å². The summed E-state index contributed by atoms with van der Waals surface area (Å²) in [5.74, 6) is 0.674. The van der Waals surface area contributed by atoms with Crippen molar-refractivity contribution in [3.63, 3.8) is 0 Å². The fourth-order valence-corrected chi connectivity index (χ4v) is 2.33. The Bertz CT molecular complexity index is 339. The molecule has 96 valence electrons. The lowest BCUT2D eigenvalue weighted by molar-refractivity contribution is 0.277. The largest absolute Gasteiger partial charge is 0.298 e. The van der Waals surface area contributed by atoms with E-state index in [4.69, 9.17) is 23.2 Å². The van der Waals surface area contributed by atoms with E-state index in [1.165, 1.54) is 24.0 Å². The predicted octanol–water partition coefficient (Wildman–Crippen LogP) is 4.49. The molecular weight excluding hydrogens is 253 g/mol. The Hall–Kier alpha value is -0.240. The summed E-state index contributed by atoms with van der Waals surface area (Å²) in [4.78, 5) is 2.37. The minimum Gasteiger partial charge on any atom is -0.298 e. The van der Waals surface area contributed by atoms with E-state index < -0.39 is 0 Å². The van der Waals surface area contributed by atoms with Crippen molar-refractivity contribution in [3.8, 4) is 0 Å². The molecule has 0 atom stereocenters. The lowest BCUT2D eigenvalue weighted by Gasteiger charge is -2.21. The van der Waals surface area contributed by atoms with Crippen LogP contribution in [0.2, 0.25) is 5.02 Å². The topological polar surface area (TPSA) is 3.24 Å². The second-order valence-electron chi connectivity index (χ2n) is 4.41. The molecule has 3 heteroatoms. The SMILES string of the molecule is CCCCN(CCCl)Cc1ccc(C)cc1Cl. The highest BCUT2D eigenvalue weighted by Crippen LogP contribution is 2.19. The second kappa shape index (κ2) is 7.97. The highest BCUT2D eigenvalue weighted by atomic mass is 35.5. The number of alkyl halides is 1. The molecule has 1 rings (SSSR count). The van der Waals surface area contributed by atoms with Gasteiger partial charge in [0, 0.05) is 24.0 Å². The average Bonchev–Trinajstić information content (AvgIpc) is 2.29. The molecule has 0 fully saturated rings. The third-order valence-corrected chi connectivity index (χ3v) is 3.35. The molecule has 0 saturated heterocycles. The van der Waals surface area contributed by atoms with Crippen LogP contribution in [-0.4, -0.2) is 23.9 Å². The summed E-state index contributed by atoms with van der Waals surface area (Å²) in [6, 6.07) is 6.25. The summed E-state index contributed by atoms with van der Waals surface area (Å²) in [5.41, 5.74) is 2.40. The molecule has 0 radical (unpaired) electrons. The number of unbranched alkanes of at least 4 members (excludes halogenated alkanes) is 1. The quantitative estimate of drug-likeness (QED) is 0.662. The van der Waals surface area contributed by atoms with Gasteiger partial charge in [0.15, 0.2) is 0 Å². The summed E-state index contributed by atoms with van der Waals surface area (Å²) in [6.07, 6.45) is 2.42. The third kappa shape index (κ3) is 5.29. The molecule has 1 nitrogen and oxygen atoms in total. The van der Waals surface area contributed by atoms with Gasteiger partial charge in [-0.15, -0.1) is 11.6 Å². The lowest BCUT2D eigenvalue weighted by Crippen LogP contribution is -2.26. The van der Waals surface area contributed by atoms with Gasteiger partial charge < -0.3 is 0 Å². The Balaban J connectivity index is 2.64. The highest BCUT2D eigenvalue weighted by Gasteiger charge is 2.07. The Kier molecular flexibility index (Phi) is 6.94. The van der Waals surface area contributed by atoms with Crippen molar-refractivity contribution in [3.05, 3.63) is 34.3 Å². The summed E-state index contributed by atoms with van der Waals surface area (Å²) in [5, 5.41) is 0.862. The Morgan fingerprint density at radius 1 is 1.24 bits per heavy atom. The van der Waals surface area contributed by atoms with Gasteiger partial charge in [-0.3, -0.25) is 4.90 Å². The van der Waals surface area contributed by atoms with Crippen molar-refractivity contribution >= 4 is 23.2 Å². The van der Waals surface area contributed by atoms with Gasteiger partial charge in [0.2, 0.25) is 0 Å². The van der Waals surface area contributed by atoms with Crippen LogP contribution in [0.3, 0.4) is 0 Å². The fourth-order valence-electron chi connectivity index (χ4n) is 1.79. The van der Waals surface area contributed by atoms with E-state index in [1.807, 2.05) is 6.07 Å². The summed E-state index contributed by atoms with van der Waals surface area (Å²) in [6.45, 7) is 7.17. The molecule has 0 aliphatic carbocycles. The van der Waals surface area contributed by atoms with Crippen molar-refractivity contribution in [2.45, 2.75) is 33.2 Å². The molecular formula is C14H21Cl2N. The van der Waals surface area contributed by atoms with Gasteiger partial charge in [0.05, 0.1) is 0 Å². The van der Waals surface area contributed by atoms with E-state index in [9.17, 15) is 0 Å². The van der Waals surface area contributed by atoms with Gasteiger partial charge in [-0.2, -0.15) is 0 Å². The van der Waals surface area contributed by atoms with Crippen LogP contribution in [0.4, 0.5) is 0 Å². The first kappa shape index (κ1) is 14.8. The van der Waals surface area contributed by atoms with Crippen molar-refractivity contribution in [1.82, 2.24) is 4.90 Å². The van der Waals surface area contributed by atoms with E-state index in [0.717, 1.165) is 24.7 Å². The average molecular weight is 274 g/mol. The number of benzene rings is 1. The van der Waals surface area contributed by atoms with Crippen LogP contribution >= 0.6 is 23.2 Å². The van der Waals surface area contributed by atoms with Crippen LogP contribution in [0.25, 0.3) is 0 Å². The van der Waals surface area contributed by atoms with Gasteiger partial charge in [-0.05, 0) is 37.1 Å². The first-order chi connectivity index (χ1) is 8.17. The predicted molar refractivity (Wildman–Crippen MR) is 77.1 cm³/mol. The zero-order valence-corrected chi connectivity index (χ0v) is 12.2. The van der Waals surface area contributed by atoms with Crippen LogP contribution in [0.5, 0.6) is 0 Å². The zero-order valence-electron chi connectivity index (χ0n) is 10.7. The molecule has 0 aliphatic heterocycles. The van der Waals surface area contributed by atoms with Crippen LogP contribution in [-0.2, 0) is 6.54 Å². The minimum absolute atomic E-state index is 0.674. The molecule has 0 bridgehead atoms. The molecule has 0 heterocycles. The summed E-state index contributed by atoms with van der Waals surface area (Å²) >= 11 is 12.1. The normalized spacial score (nSPS) is 11.1. The van der Waals surface area contributed by atoms with Crippen molar-refractivity contribution in [2.24, 2.45) is 0 Å². The van der Waals surface area contributed by atoms with Gasteiger partial charge in [-0.25, -0.2) is 0 Å². The Morgan fingerprint density at radius 3 is 2.59 bits per heavy atom. The summed E-state index contributed by atoms with van der Waals surface area (Å²) < 4.78 is 0. The monoisotopic (exact) mass is 273 g/mol. The molecule has 1 aromatic rings. The van der Waals surface area contributed by atoms with Crippen molar-refractivity contribution in [2.75, 3.05) is 19.0 Å². The van der Waals surface area contributed by atoms with Crippen molar-refractivity contribution < 1.29 is 0 Å². The Labute approximate surface area is 115 Å². The van der Waals surface area contributed by atoms with Crippen LogP contribution in [0.1, 0.15) is 30.9 Å². The number of rotatable bonds is 7. The minimum atomic E-state index is 0.674. The van der Waals surface area contributed by atoms with E-state index in [2.05, 4.69) is 30.9 Å². The maximum absolute atomic E-state index is 6.25. The maximum atomic E-state index is 6.25. The number of hydrogen-bond acceptors (Lipinski definition) is 1.